The molecule has 0 unspecified atom stereocenters. The summed E-state index contributed by atoms with van der Waals surface area (Å²) in [6.45, 7) is 5.04. The van der Waals surface area contributed by atoms with Crippen molar-refractivity contribution in [2.24, 2.45) is 28.9 Å². The Morgan fingerprint density at radius 1 is 0.815 bits per heavy atom. The van der Waals surface area contributed by atoms with Gasteiger partial charge >= 0.3 is 23.9 Å². The number of hydrogen-bond donors (Lipinski definition) is 9. The first-order chi connectivity index (χ1) is 12.1. The third kappa shape index (κ3) is 35.9. The van der Waals surface area contributed by atoms with Gasteiger partial charge in [0.15, 0.2) is 0 Å². The first-order valence-electron chi connectivity index (χ1n) is 7.61. The maximum atomic E-state index is 10.1. The van der Waals surface area contributed by atoms with Crippen molar-refractivity contribution in [2.75, 3.05) is 12.3 Å². The molecular formula is C14H32N4O8S. The van der Waals surface area contributed by atoms with Crippen molar-refractivity contribution < 1.29 is 39.6 Å². The van der Waals surface area contributed by atoms with E-state index in [4.69, 9.17) is 37.6 Å². The van der Waals surface area contributed by atoms with E-state index in [1.54, 1.807) is 0 Å². The van der Waals surface area contributed by atoms with Crippen molar-refractivity contribution >= 4 is 36.5 Å². The summed E-state index contributed by atoms with van der Waals surface area (Å²) < 4.78 is 0. The molecule has 0 aliphatic carbocycles. The second kappa shape index (κ2) is 20.4. The monoisotopic (exact) mass is 416 g/mol. The first kappa shape index (κ1) is 32.7. The molecule has 0 aromatic heterocycles. The molecule has 0 aliphatic rings. The Labute approximate surface area is 163 Å². The second-order valence-electron chi connectivity index (χ2n) is 5.43. The van der Waals surface area contributed by atoms with Crippen molar-refractivity contribution in [1.82, 2.24) is 0 Å². The van der Waals surface area contributed by atoms with E-state index in [2.05, 4.69) is 18.4 Å². The molecule has 0 spiro atoms. The van der Waals surface area contributed by atoms with E-state index >= 15 is 0 Å². The van der Waals surface area contributed by atoms with Crippen LogP contribution in [0.25, 0.3) is 0 Å². The lowest BCUT2D eigenvalue weighted by atomic mass is 10.1. The Kier molecular flexibility index (Phi) is 24.7. The van der Waals surface area contributed by atoms with Crippen molar-refractivity contribution in [3.8, 4) is 0 Å². The molecule has 162 valence electrons. The number of carboxylic acid groups (broad SMARTS) is 4. The zero-order valence-corrected chi connectivity index (χ0v) is 16.5. The first-order valence-corrected chi connectivity index (χ1v) is 8.24. The molecule has 0 rings (SSSR count). The summed E-state index contributed by atoms with van der Waals surface area (Å²) in [5.41, 5.74) is 19.6. The zero-order valence-electron chi connectivity index (χ0n) is 15.6. The van der Waals surface area contributed by atoms with Gasteiger partial charge in [0.1, 0.15) is 18.1 Å². The van der Waals surface area contributed by atoms with Gasteiger partial charge in [0.05, 0.1) is 6.54 Å². The lowest BCUT2D eigenvalue weighted by Crippen LogP contribution is -2.31. The topological polar surface area (TPSA) is 253 Å². The predicted molar refractivity (Wildman–Crippen MR) is 103 cm³/mol. The maximum Gasteiger partial charge on any atom is 0.321 e. The van der Waals surface area contributed by atoms with Crippen LogP contribution in [0.5, 0.6) is 0 Å². The molecule has 0 aromatic rings. The molecule has 12 nitrogen and oxygen atoms in total. The van der Waals surface area contributed by atoms with Gasteiger partial charge in [0.2, 0.25) is 0 Å². The number of rotatable bonds is 7. The minimum atomic E-state index is -1.00. The van der Waals surface area contributed by atoms with E-state index in [-0.39, 0.29) is 12.3 Å². The molecule has 0 aromatic carbocycles. The zero-order chi connectivity index (χ0) is 22.7. The summed E-state index contributed by atoms with van der Waals surface area (Å²) >= 11 is 3.65. The number of aliphatic carboxylic acids is 4. The van der Waals surface area contributed by atoms with Crippen LogP contribution in [0.15, 0.2) is 0 Å². The van der Waals surface area contributed by atoms with Crippen molar-refractivity contribution in [2.45, 2.75) is 45.3 Å². The summed E-state index contributed by atoms with van der Waals surface area (Å²) in [5, 5.41) is 31.8. The number of carboxylic acids is 4. The van der Waals surface area contributed by atoms with Crippen LogP contribution in [0.4, 0.5) is 0 Å². The van der Waals surface area contributed by atoms with Crippen molar-refractivity contribution in [1.29, 1.82) is 0 Å². The van der Waals surface area contributed by atoms with Crippen LogP contribution < -0.4 is 22.9 Å². The van der Waals surface area contributed by atoms with Gasteiger partial charge in [-0.2, -0.15) is 12.6 Å². The summed E-state index contributed by atoms with van der Waals surface area (Å²) in [6.07, 6.45) is 0.551. The van der Waals surface area contributed by atoms with Crippen molar-refractivity contribution in [3.63, 3.8) is 0 Å². The molecule has 0 bridgehead atoms. The van der Waals surface area contributed by atoms with Crippen LogP contribution in [0.2, 0.25) is 0 Å². The minimum absolute atomic E-state index is 0.190. The molecule has 0 saturated heterocycles. The highest BCUT2D eigenvalue weighted by Crippen LogP contribution is 2.01. The quantitative estimate of drug-likeness (QED) is 0.209. The van der Waals surface area contributed by atoms with Gasteiger partial charge in [-0.3, -0.25) is 19.2 Å². The molecule has 0 heterocycles. The Hall–Kier alpha value is -1.93. The number of nitrogens with two attached hydrogens (primary N) is 4. The fourth-order valence-electron chi connectivity index (χ4n) is 0.687. The normalized spacial score (nSPS) is 12.5. The molecule has 27 heavy (non-hydrogen) atoms. The van der Waals surface area contributed by atoms with E-state index < -0.39 is 42.0 Å². The standard InChI is InChI=1S/C6H13NO2.C3H7NO2S.C3H7NO2.C2H5NO2/c1-4(2)3-5(7)6(8)9;4-2(1-7)3(5)6;1-2(4)3(5)6;3-1-2(4)5/h4-5H,3,7H2,1-2H3,(H,8,9);2,7H,1,4H2,(H,5,6);2H,4H2,1H3,(H,5,6);1,3H2,(H,4,5)/t5-;2*2-;/m000./s1. The Morgan fingerprint density at radius 3 is 1.15 bits per heavy atom. The molecule has 0 fully saturated rings. The molecular weight excluding hydrogens is 384 g/mol. The molecule has 3 atom stereocenters. The molecule has 0 amide bonds. The number of hydrogen-bond acceptors (Lipinski definition) is 9. The Bertz CT molecular complexity index is 435. The third-order valence-electron chi connectivity index (χ3n) is 2.12. The highest BCUT2D eigenvalue weighted by molar-refractivity contribution is 7.80. The number of carbonyl (C=O) groups is 4. The Morgan fingerprint density at radius 2 is 1.11 bits per heavy atom. The smallest absolute Gasteiger partial charge is 0.321 e. The third-order valence-corrected chi connectivity index (χ3v) is 2.51. The van der Waals surface area contributed by atoms with E-state index in [0.29, 0.717) is 12.3 Å². The summed E-state index contributed by atoms with van der Waals surface area (Å²) in [7, 11) is 0. The second-order valence-corrected chi connectivity index (χ2v) is 5.79. The molecule has 13 heteroatoms. The summed E-state index contributed by atoms with van der Waals surface area (Å²) in [6, 6.07) is -2.24. The highest BCUT2D eigenvalue weighted by Gasteiger charge is 2.11. The van der Waals surface area contributed by atoms with Gasteiger partial charge in [-0.25, -0.2) is 0 Å². The van der Waals surface area contributed by atoms with Gasteiger partial charge in [-0.1, -0.05) is 13.8 Å². The lowest BCUT2D eigenvalue weighted by molar-refractivity contribution is -0.139. The average molecular weight is 416 g/mol. The van der Waals surface area contributed by atoms with Gasteiger partial charge in [-0.15, -0.1) is 0 Å². The molecule has 0 aliphatic heterocycles. The fourth-order valence-corrected chi connectivity index (χ4v) is 0.843. The molecule has 12 N–H and O–H groups in total. The lowest BCUT2D eigenvalue weighted by Gasteiger charge is -2.07. The molecule has 0 radical (unpaired) electrons. The highest BCUT2D eigenvalue weighted by atomic mass is 32.1. The van der Waals surface area contributed by atoms with Crippen LogP contribution in [-0.2, 0) is 19.2 Å². The van der Waals surface area contributed by atoms with Crippen LogP contribution in [-0.4, -0.2) is 74.7 Å². The van der Waals surface area contributed by atoms with E-state index in [1.165, 1.54) is 6.92 Å². The predicted octanol–water partition coefficient (Wildman–Crippen LogP) is -1.78. The van der Waals surface area contributed by atoms with Crippen LogP contribution in [0, 0.1) is 5.92 Å². The fraction of sp³-hybridized carbons (Fsp3) is 0.714. The van der Waals surface area contributed by atoms with Crippen LogP contribution >= 0.6 is 12.6 Å². The summed E-state index contributed by atoms with van der Waals surface area (Å²) in [5.74, 6) is -3.30. The van der Waals surface area contributed by atoms with Gasteiger partial charge < -0.3 is 43.4 Å². The minimum Gasteiger partial charge on any atom is -0.480 e. The van der Waals surface area contributed by atoms with Crippen LogP contribution in [0.1, 0.15) is 27.2 Å². The number of thiol groups is 1. The van der Waals surface area contributed by atoms with Crippen molar-refractivity contribution in [3.05, 3.63) is 0 Å². The molecule has 0 saturated carbocycles. The van der Waals surface area contributed by atoms with Gasteiger partial charge in [0, 0.05) is 5.75 Å². The summed E-state index contributed by atoms with van der Waals surface area (Å²) in [4.78, 5) is 38.7. The largest absolute Gasteiger partial charge is 0.480 e. The SMILES string of the molecule is CC(C)C[C@H](N)C(=O)O.C[C@H](N)C(=O)O.NCC(=O)O.N[C@@H](CS)C(=O)O. The van der Waals surface area contributed by atoms with Gasteiger partial charge in [-0.05, 0) is 19.3 Å². The van der Waals surface area contributed by atoms with E-state index in [9.17, 15) is 19.2 Å². The van der Waals surface area contributed by atoms with Crippen LogP contribution in [0.3, 0.4) is 0 Å². The van der Waals surface area contributed by atoms with Gasteiger partial charge in [0.25, 0.3) is 0 Å². The van der Waals surface area contributed by atoms with E-state index in [1.807, 2.05) is 13.8 Å². The Balaban J connectivity index is -0.000000134. The average Bonchev–Trinajstić information content (AvgIpc) is 2.54. The van der Waals surface area contributed by atoms with E-state index in [0.717, 1.165) is 0 Å². The maximum absolute atomic E-state index is 10.1.